The highest BCUT2D eigenvalue weighted by Crippen LogP contribution is 2.27. The Morgan fingerprint density at radius 3 is 2.75 bits per heavy atom. The van der Waals surface area contributed by atoms with Crippen LogP contribution in [0.15, 0.2) is 0 Å². The minimum Gasteiger partial charge on any atom is -0.341 e. The molecule has 90 valence electrons. The van der Waals surface area contributed by atoms with Crippen molar-refractivity contribution in [1.82, 2.24) is 4.90 Å². The number of nitrogens with zero attached hydrogens (tertiary/aromatic N) is 1. The predicted molar refractivity (Wildman–Crippen MR) is 65.6 cm³/mol. The minimum atomic E-state index is -0.538. The lowest BCUT2D eigenvalue weighted by atomic mass is 9.85. The molecule has 3 nitrogen and oxygen atoms in total. The van der Waals surface area contributed by atoms with Crippen LogP contribution in [-0.4, -0.2) is 29.9 Å². The number of rotatable bonds is 3. The first-order valence-corrected chi connectivity index (χ1v) is 6.03. The van der Waals surface area contributed by atoms with Crippen LogP contribution in [0.5, 0.6) is 0 Å². The van der Waals surface area contributed by atoms with E-state index >= 15 is 0 Å². The Kier molecular flexibility index (Phi) is 4.82. The van der Waals surface area contributed by atoms with Gasteiger partial charge in [-0.3, -0.25) is 4.79 Å². The van der Waals surface area contributed by atoms with Crippen LogP contribution in [0.1, 0.15) is 39.0 Å². The molecule has 0 bridgehead atoms. The normalized spacial score (nSPS) is 26.9. The Morgan fingerprint density at radius 2 is 2.19 bits per heavy atom. The first-order chi connectivity index (χ1) is 7.57. The average molecular weight is 222 g/mol. The molecule has 1 rings (SSSR count). The van der Waals surface area contributed by atoms with E-state index in [0.29, 0.717) is 18.4 Å². The Morgan fingerprint density at radius 1 is 1.56 bits per heavy atom. The number of amides is 1. The molecule has 1 saturated carbocycles. The molecule has 0 aromatic rings. The molecule has 0 saturated heterocycles. The molecule has 1 amide bonds. The van der Waals surface area contributed by atoms with E-state index in [4.69, 9.17) is 12.2 Å². The summed E-state index contributed by atoms with van der Waals surface area (Å²) in [7, 11) is 1.85. The molecule has 0 aromatic carbocycles. The molecule has 0 aromatic heterocycles. The summed E-state index contributed by atoms with van der Waals surface area (Å²) in [6.07, 6.45) is 10.3. The Balaban J connectivity index is 2.58. The fraction of sp³-hybridized carbons (Fsp3) is 0.769. The monoisotopic (exact) mass is 222 g/mol. The van der Waals surface area contributed by atoms with Crippen molar-refractivity contribution in [2.24, 2.45) is 11.7 Å². The lowest BCUT2D eigenvalue weighted by Gasteiger charge is -2.37. The van der Waals surface area contributed by atoms with Crippen LogP contribution in [0.25, 0.3) is 0 Å². The lowest BCUT2D eigenvalue weighted by molar-refractivity contribution is -0.134. The van der Waals surface area contributed by atoms with Gasteiger partial charge in [-0.25, -0.2) is 0 Å². The van der Waals surface area contributed by atoms with Crippen LogP contribution in [0.2, 0.25) is 0 Å². The zero-order chi connectivity index (χ0) is 12.1. The van der Waals surface area contributed by atoms with E-state index in [0.717, 1.165) is 6.42 Å². The molecule has 0 spiro atoms. The maximum absolute atomic E-state index is 12.0. The van der Waals surface area contributed by atoms with E-state index in [2.05, 4.69) is 12.8 Å². The van der Waals surface area contributed by atoms with E-state index in [1.54, 1.807) is 0 Å². The highest BCUT2D eigenvalue weighted by Gasteiger charge is 2.29. The van der Waals surface area contributed by atoms with Gasteiger partial charge in [-0.15, -0.1) is 12.3 Å². The Bertz CT molecular complexity index is 282. The zero-order valence-corrected chi connectivity index (χ0v) is 10.3. The van der Waals surface area contributed by atoms with Gasteiger partial charge in [0, 0.05) is 19.5 Å². The number of terminal acetylenes is 1. The van der Waals surface area contributed by atoms with Crippen molar-refractivity contribution in [1.29, 1.82) is 0 Å². The topological polar surface area (TPSA) is 46.3 Å². The second kappa shape index (κ2) is 5.91. The van der Waals surface area contributed by atoms with Gasteiger partial charge in [-0.2, -0.15) is 0 Å². The van der Waals surface area contributed by atoms with Crippen molar-refractivity contribution in [3.05, 3.63) is 0 Å². The maximum atomic E-state index is 12.0. The standard InChI is InChI=1S/C13H22N2O/c1-4-7-11(14)13(16)15(3)12-9-6-5-8-10(12)2/h1,10-12H,5-9,14H2,2-3H3. The van der Waals surface area contributed by atoms with Crippen LogP contribution in [0.3, 0.4) is 0 Å². The summed E-state index contributed by atoms with van der Waals surface area (Å²) >= 11 is 0. The molecule has 0 radical (unpaired) electrons. The number of likely N-dealkylation sites (N-methyl/N-ethyl adjacent to an activating group) is 1. The molecule has 2 N–H and O–H groups in total. The van der Waals surface area contributed by atoms with Gasteiger partial charge in [0.15, 0.2) is 0 Å². The fourth-order valence-corrected chi connectivity index (χ4v) is 2.51. The zero-order valence-electron chi connectivity index (χ0n) is 10.3. The molecule has 3 atom stereocenters. The third-order valence-corrected chi connectivity index (χ3v) is 3.57. The number of carbonyl (C=O) groups is 1. The largest absolute Gasteiger partial charge is 0.341 e. The van der Waals surface area contributed by atoms with E-state index in [-0.39, 0.29) is 5.91 Å². The van der Waals surface area contributed by atoms with Gasteiger partial charge in [-0.05, 0) is 18.8 Å². The van der Waals surface area contributed by atoms with Crippen LogP contribution >= 0.6 is 0 Å². The minimum absolute atomic E-state index is 0.0169. The van der Waals surface area contributed by atoms with Gasteiger partial charge in [-0.1, -0.05) is 19.8 Å². The van der Waals surface area contributed by atoms with Gasteiger partial charge >= 0.3 is 0 Å². The van der Waals surface area contributed by atoms with Crippen molar-refractivity contribution in [3.63, 3.8) is 0 Å². The van der Waals surface area contributed by atoms with Crippen LogP contribution < -0.4 is 5.73 Å². The van der Waals surface area contributed by atoms with Crippen molar-refractivity contribution in [3.8, 4) is 12.3 Å². The molecule has 3 unspecified atom stereocenters. The lowest BCUT2D eigenvalue weighted by Crippen LogP contribution is -2.49. The first kappa shape index (κ1) is 13.1. The number of hydrogen-bond donors (Lipinski definition) is 1. The van der Waals surface area contributed by atoms with Crippen LogP contribution in [0, 0.1) is 18.3 Å². The summed E-state index contributed by atoms with van der Waals surface area (Å²) in [5.74, 6) is 3.00. The van der Waals surface area contributed by atoms with E-state index in [9.17, 15) is 4.79 Å². The van der Waals surface area contributed by atoms with Gasteiger partial charge in [0.05, 0.1) is 6.04 Å². The SMILES string of the molecule is C#CCC(N)C(=O)N(C)C1CCCCC1C. The van der Waals surface area contributed by atoms with E-state index in [1.165, 1.54) is 19.3 Å². The van der Waals surface area contributed by atoms with Crippen molar-refractivity contribution in [2.75, 3.05) is 7.05 Å². The summed E-state index contributed by atoms with van der Waals surface area (Å²) in [6.45, 7) is 2.21. The quantitative estimate of drug-likeness (QED) is 0.733. The summed E-state index contributed by atoms with van der Waals surface area (Å²) < 4.78 is 0. The smallest absolute Gasteiger partial charge is 0.240 e. The average Bonchev–Trinajstić information content (AvgIpc) is 2.28. The molecule has 0 aliphatic heterocycles. The molecule has 0 heterocycles. The van der Waals surface area contributed by atoms with Gasteiger partial charge in [0.25, 0.3) is 0 Å². The Hall–Kier alpha value is -1.01. The highest BCUT2D eigenvalue weighted by molar-refractivity contribution is 5.82. The molecule has 1 fully saturated rings. The number of hydrogen-bond acceptors (Lipinski definition) is 2. The second-order valence-corrected chi connectivity index (χ2v) is 4.79. The predicted octanol–water partition coefficient (Wildman–Crippen LogP) is 1.37. The molecule has 3 heteroatoms. The number of nitrogens with two attached hydrogens (primary N) is 1. The molecular weight excluding hydrogens is 200 g/mol. The van der Waals surface area contributed by atoms with Crippen molar-refractivity contribution >= 4 is 5.91 Å². The summed E-state index contributed by atoms with van der Waals surface area (Å²) in [6, 6.07) is -0.200. The molecular formula is C13H22N2O. The van der Waals surface area contributed by atoms with Gasteiger partial charge in [0.1, 0.15) is 0 Å². The van der Waals surface area contributed by atoms with Gasteiger partial charge < -0.3 is 10.6 Å². The summed E-state index contributed by atoms with van der Waals surface area (Å²) in [4.78, 5) is 13.8. The summed E-state index contributed by atoms with van der Waals surface area (Å²) in [5, 5.41) is 0. The van der Waals surface area contributed by atoms with Crippen molar-refractivity contribution < 1.29 is 4.79 Å². The van der Waals surface area contributed by atoms with Crippen LogP contribution in [0.4, 0.5) is 0 Å². The Labute approximate surface area is 98.4 Å². The maximum Gasteiger partial charge on any atom is 0.240 e. The molecule has 1 aliphatic rings. The van der Waals surface area contributed by atoms with Gasteiger partial charge in [0.2, 0.25) is 5.91 Å². The summed E-state index contributed by atoms with van der Waals surface area (Å²) in [5.41, 5.74) is 5.75. The molecule has 16 heavy (non-hydrogen) atoms. The van der Waals surface area contributed by atoms with E-state index < -0.39 is 6.04 Å². The van der Waals surface area contributed by atoms with Crippen molar-refractivity contribution in [2.45, 2.75) is 51.1 Å². The highest BCUT2D eigenvalue weighted by atomic mass is 16.2. The van der Waals surface area contributed by atoms with Crippen LogP contribution in [-0.2, 0) is 4.79 Å². The third-order valence-electron chi connectivity index (χ3n) is 3.57. The second-order valence-electron chi connectivity index (χ2n) is 4.79. The first-order valence-electron chi connectivity index (χ1n) is 6.03. The third kappa shape index (κ3) is 2.99. The fourth-order valence-electron chi connectivity index (χ4n) is 2.51. The van der Waals surface area contributed by atoms with E-state index in [1.807, 2.05) is 11.9 Å². The molecule has 1 aliphatic carbocycles. The number of carbonyl (C=O) groups excluding carboxylic acids is 1.